The number of hydrogen-bond donors (Lipinski definition) is 0. The molecule has 0 heterocycles. The number of allylic oxidation sites excluding steroid dienone is 2. The molecule has 0 aliphatic rings. The maximum absolute atomic E-state index is 13.4. The van der Waals surface area contributed by atoms with Crippen molar-refractivity contribution >= 4 is 24.3 Å². The number of carbonyl (C=O) groups is 1. The summed E-state index contributed by atoms with van der Waals surface area (Å²) in [6.07, 6.45) is 17.7. The van der Waals surface area contributed by atoms with Crippen LogP contribution in [0.25, 0.3) is 0 Å². The predicted molar refractivity (Wildman–Crippen MR) is 141 cm³/mol. The summed E-state index contributed by atoms with van der Waals surface area (Å²) >= 11 is 6.16. The van der Waals surface area contributed by atoms with Gasteiger partial charge in [-0.05, 0) is 50.8 Å². The van der Waals surface area contributed by atoms with Crippen LogP contribution in [0.1, 0.15) is 119 Å². The highest BCUT2D eigenvalue weighted by Crippen LogP contribution is 2.56. The average molecular weight is 475 g/mol. The van der Waals surface area contributed by atoms with Gasteiger partial charge >= 0.3 is 0 Å². The van der Waals surface area contributed by atoms with Gasteiger partial charge in [0.15, 0.2) is 0 Å². The topological polar surface area (TPSA) is 32.8 Å². The number of hydrogen-bond acceptors (Lipinski definition) is 3. The summed E-state index contributed by atoms with van der Waals surface area (Å²) < 4.78 is 10.5. The second-order valence-electron chi connectivity index (χ2n) is 8.41. The molecule has 0 spiro atoms. The first-order valence-corrected chi connectivity index (χ1v) is 15.5. The van der Waals surface area contributed by atoms with Gasteiger partial charge in [-0.15, -0.1) is 0 Å². The van der Waals surface area contributed by atoms with E-state index in [0.29, 0.717) is 13.0 Å². The fraction of sp³-hybridized carbons (Fsp3) is 0.880. The zero-order chi connectivity index (χ0) is 23.5. The van der Waals surface area contributed by atoms with Crippen LogP contribution in [0.4, 0.5) is 0 Å². The Morgan fingerprint density at radius 2 is 1.52 bits per heavy atom. The molecule has 0 rings (SSSR count). The van der Waals surface area contributed by atoms with Gasteiger partial charge in [0.05, 0.1) is 6.61 Å². The lowest BCUT2D eigenvalue weighted by atomic mass is 10.1. The highest BCUT2D eigenvalue weighted by Gasteiger charge is 2.38. The molecule has 0 radical (unpaired) electrons. The van der Waals surface area contributed by atoms with Crippen LogP contribution in [0.2, 0.25) is 0 Å². The maximum Gasteiger partial charge on any atom is 0.231 e. The van der Waals surface area contributed by atoms with Gasteiger partial charge in [-0.3, -0.25) is 9.46 Å². The first kappa shape index (κ1) is 30.8. The maximum atomic E-state index is 13.4. The number of amides is 1. The molecule has 0 aliphatic heterocycles. The van der Waals surface area contributed by atoms with Gasteiger partial charge in [0.1, 0.15) is 0 Å². The Balaban J connectivity index is 5.01. The third-order valence-corrected chi connectivity index (χ3v) is 10.1. The minimum absolute atomic E-state index is 0.105. The summed E-state index contributed by atoms with van der Waals surface area (Å²) in [6, 6.07) is 0.105. The van der Waals surface area contributed by atoms with Gasteiger partial charge in [-0.25, -0.2) is 4.67 Å². The highest BCUT2D eigenvalue weighted by atomic mass is 32.5. The van der Waals surface area contributed by atoms with E-state index in [9.17, 15) is 4.79 Å². The van der Waals surface area contributed by atoms with Crippen molar-refractivity contribution in [3.63, 3.8) is 0 Å². The third kappa shape index (κ3) is 12.0. The van der Waals surface area contributed by atoms with Crippen molar-refractivity contribution in [3.8, 4) is 0 Å². The molecule has 2 unspecified atom stereocenters. The Kier molecular flexibility index (Phi) is 19.1. The Morgan fingerprint density at radius 1 is 0.903 bits per heavy atom. The molecular formula is C25H51N2O2PS. The molecule has 0 bridgehead atoms. The summed E-state index contributed by atoms with van der Waals surface area (Å²) in [4.78, 5) is 13.4. The zero-order valence-corrected chi connectivity index (χ0v) is 23.1. The molecule has 0 aromatic rings. The van der Waals surface area contributed by atoms with Crippen molar-refractivity contribution in [2.24, 2.45) is 0 Å². The Labute approximate surface area is 199 Å². The van der Waals surface area contributed by atoms with Gasteiger partial charge in [0.25, 0.3) is 0 Å². The third-order valence-electron chi connectivity index (χ3n) is 5.62. The van der Waals surface area contributed by atoms with E-state index in [4.69, 9.17) is 16.3 Å². The van der Waals surface area contributed by atoms with E-state index >= 15 is 0 Å². The number of unbranched alkanes of at least 4 members (excludes halogenated alkanes) is 6. The highest BCUT2D eigenvalue weighted by molar-refractivity contribution is 8.10. The standard InChI is InChI=1S/C25H51N2O2PS/c1-7-12-13-14-15-16-17-18-19-20-22-25(28)27(24(6)21-8-2)30(31,29-23-9-3)26(10-4)11-5/h18-19,24H,7-17,20-23H2,1-6H3. The summed E-state index contributed by atoms with van der Waals surface area (Å²) in [6.45, 7) is 12.5. The molecule has 0 N–H and O–H groups in total. The largest absolute Gasteiger partial charge is 0.323 e. The normalized spacial score (nSPS) is 14.8. The second-order valence-corrected chi connectivity index (χ2v) is 12.1. The molecule has 31 heavy (non-hydrogen) atoms. The van der Waals surface area contributed by atoms with Gasteiger partial charge in [0.2, 0.25) is 12.5 Å². The number of nitrogens with zero attached hydrogens (tertiary/aromatic N) is 2. The summed E-state index contributed by atoms with van der Waals surface area (Å²) in [5, 5.41) is 0. The number of carbonyl (C=O) groups excluding carboxylic acids is 1. The van der Waals surface area contributed by atoms with Gasteiger partial charge in [0, 0.05) is 25.6 Å². The minimum Gasteiger partial charge on any atom is -0.323 e. The molecule has 1 amide bonds. The van der Waals surface area contributed by atoms with Gasteiger partial charge < -0.3 is 4.52 Å². The summed E-state index contributed by atoms with van der Waals surface area (Å²) in [5.74, 6) is 0.150. The van der Waals surface area contributed by atoms with Crippen LogP contribution in [-0.4, -0.2) is 41.0 Å². The Morgan fingerprint density at radius 3 is 2.10 bits per heavy atom. The molecule has 0 aromatic heterocycles. The molecular weight excluding hydrogens is 423 g/mol. The van der Waals surface area contributed by atoms with Crippen LogP contribution in [0.5, 0.6) is 0 Å². The van der Waals surface area contributed by atoms with Crippen LogP contribution < -0.4 is 0 Å². The molecule has 0 saturated heterocycles. The first-order valence-electron chi connectivity index (χ1n) is 12.9. The van der Waals surface area contributed by atoms with Crippen molar-refractivity contribution in [1.29, 1.82) is 0 Å². The van der Waals surface area contributed by atoms with Crippen LogP contribution in [-0.2, 0) is 21.1 Å². The van der Waals surface area contributed by atoms with Crippen LogP contribution in [0, 0.1) is 0 Å². The lowest BCUT2D eigenvalue weighted by Gasteiger charge is -2.44. The molecule has 0 saturated carbocycles. The SMILES string of the molecule is CCCCCCCCC=CCCC(=O)N(C(C)CCC)P(=S)(OCCC)N(CC)CC. The molecule has 6 heteroatoms. The van der Waals surface area contributed by atoms with E-state index in [1.807, 2.05) is 4.67 Å². The Bertz CT molecular complexity index is 524. The lowest BCUT2D eigenvalue weighted by molar-refractivity contribution is -0.128. The monoisotopic (exact) mass is 474 g/mol. The summed E-state index contributed by atoms with van der Waals surface area (Å²) in [7, 11) is 0. The number of rotatable bonds is 20. The van der Waals surface area contributed by atoms with Crippen molar-refractivity contribution in [1.82, 2.24) is 9.34 Å². The first-order chi connectivity index (χ1) is 14.9. The predicted octanol–water partition coefficient (Wildman–Crippen LogP) is 8.08. The van der Waals surface area contributed by atoms with Gasteiger partial charge in [-0.1, -0.05) is 85.3 Å². The molecule has 0 aliphatic carbocycles. The van der Waals surface area contributed by atoms with E-state index in [0.717, 1.165) is 45.2 Å². The van der Waals surface area contributed by atoms with Crippen molar-refractivity contribution in [2.75, 3.05) is 19.7 Å². The van der Waals surface area contributed by atoms with Gasteiger partial charge in [-0.2, -0.15) is 0 Å². The van der Waals surface area contributed by atoms with Crippen molar-refractivity contribution in [2.45, 2.75) is 125 Å². The van der Waals surface area contributed by atoms with E-state index < -0.39 is 6.57 Å². The zero-order valence-electron chi connectivity index (χ0n) is 21.4. The Hall–Kier alpha value is -0.220. The fourth-order valence-electron chi connectivity index (χ4n) is 3.85. The fourth-order valence-corrected chi connectivity index (χ4v) is 8.21. The van der Waals surface area contributed by atoms with Crippen molar-refractivity contribution < 1.29 is 9.32 Å². The minimum atomic E-state index is -2.55. The molecule has 184 valence electrons. The molecule has 4 nitrogen and oxygen atoms in total. The quantitative estimate of drug-likeness (QED) is 0.101. The summed E-state index contributed by atoms with van der Waals surface area (Å²) in [5.41, 5.74) is 0. The molecule has 0 fully saturated rings. The van der Waals surface area contributed by atoms with Crippen LogP contribution in [0.15, 0.2) is 12.2 Å². The van der Waals surface area contributed by atoms with E-state index in [1.165, 1.54) is 38.5 Å². The van der Waals surface area contributed by atoms with E-state index in [2.05, 4.69) is 58.4 Å². The molecule has 2 atom stereocenters. The van der Waals surface area contributed by atoms with E-state index in [-0.39, 0.29) is 11.9 Å². The average Bonchev–Trinajstić information content (AvgIpc) is 2.74. The molecule has 0 aromatic carbocycles. The lowest BCUT2D eigenvalue weighted by Crippen LogP contribution is -2.42. The van der Waals surface area contributed by atoms with Crippen LogP contribution in [0.3, 0.4) is 0 Å². The van der Waals surface area contributed by atoms with Crippen molar-refractivity contribution in [3.05, 3.63) is 12.2 Å². The second kappa shape index (κ2) is 19.3. The smallest absolute Gasteiger partial charge is 0.231 e. The van der Waals surface area contributed by atoms with Crippen LogP contribution >= 0.6 is 6.57 Å². The van der Waals surface area contributed by atoms with E-state index in [1.54, 1.807) is 0 Å².